The zero-order valence-electron chi connectivity index (χ0n) is 12.8. The van der Waals surface area contributed by atoms with Gasteiger partial charge in [-0.05, 0) is 25.5 Å². The molecule has 1 saturated heterocycles. The molecule has 2 heterocycles. The first-order valence-electron chi connectivity index (χ1n) is 7.71. The number of amides is 2. The van der Waals surface area contributed by atoms with Crippen molar-refractivity contribution in [3.05, 3.63) is 42.1 Å². The Labute approximate surface area is 130 Å². The maximum Gasteiger partial charge on any atom is 0.317 e. The van der Waals surface area contributed by atoms with Crippen LogP contribution in [-0.2, 0) is 11.3 Å². The maximum atomic E-state index is 12.3. The van der Waals surface area contributed by atoms with Gasteiger partial charge >= 0.3 is 6.03 Å². The summed E-state index contributed by atoms with van der Waals surface area (Å²) in [6.07, 6.45) is 0.971. The van der Waals surface area contributed by atoms with E-state index in [4.69, 9.17) is 4.74 Å². The molecule has 1 aliphatic rings. The molecule has 2 amide bonds. The molecule has 3 rings (SSSR count). The minimum Gasteiger partial charge on any atom is -0.377 e. The Morgan fingerprint density at radius 1 is 1.36 bits per heavy atom. The average molecular weight is 299 g/mol. The zero-order chi connectivity index (χ0) is 15.4. The number of hydrogen-bond acceptors (Lipinski definition) is 3. The highest BCUT2D eigenvalue weighted by Gasteiger charge is 2.19. The van der Waals surface area contributed by atoms with Crippen LogP contribution in [0.25, 0.3) is 10.9 Å². The molecule has 0 unspecified atom stereocenters. The zero-order valence-corrected chi connectivity index (χ0v) is 12.8. The van der Waals surface area contributed by atoms with E-state index in [2.05, 4.69) is 10.3 Å². The van der Waals surface area contributed by atoms with Crippen LogP contribution in [0.15, 0.2) is 36.4 Å². The smallest absolute Gasteiger partial charge is 0.317 e. The summed E-state index contributed by atoms with van der Waals surface area (Å²) in [5, 5.41) is 4.06. The van der Waals surface area contributed by atoms with Gasteiger partial charge in [-0.25, -0.2) is 4.79 Å². The van der Waals surface area contributed by atoms with Crippen molar-refractivity contribution in [1.29, 1.82) is 0 Å². The lowest BCUT2D eigenvalue weighted by molar-refractivity contribution is 0.0710. The van der Waals surface area contributed by atoms with Crippen molar-refractivity contribution in [1.82, 2.24) is 15.2 Å². The molecule has 1 fully saturated rings. The minimum atomic E-state index is -0.0488. The summed E-state index contributed by atoms with van der Waals surface area (Å²) in [5.74, 6) is 0. The van der Waals surface area contributed by atoms with E-state index in [1.165, 1.54) is 0 Å². The predicted molar refractivity (Wildman–Crippen MR) is 85.6 cm³/mol. The second-order valence-corrected chi connectivity index (χ2v) is 5.63. The third kappa shape index (κ3) is 3.54. The largest absolute Gasteiger partial charge is 0.377 e. The topological polar surface area (TPSA) is 54.5 Å². The Hall–Kier alpha value is -2.14. The third-order valence-corrected chi connectivity index (χ3v) is 3.82. The summed E-state index contributed by atoms with van der Waals surface area (Å²) in [7, 11) is 0. The molecule has 116 valence electrons. The normalized spacial score (nSPS) is 19.0. The molecule has 0 aliphatic carbocycles. The highest BCUT2D eigenvalue weighted by atomic mass is 16.5. The molecular formula is C17H21N3O2. The van der Waals surface area contributed by atoms with Crippen molar-refractivity contribution >= 4 is 16.9 Å². The molecular weight excluding hydrogens is 278 g/mol. The van der Waals surface area contributed by atoms with Gasteiger partial charge in [-0.3, -0.25) is 4.98 Å². The van der Waals surface area contributed by atoms with E-state index in [0.717, 1.165) is 36.2 Å². The summed E-state index contributed by atoms with van der Waals surface area (Å²) in [5.41, 5.74) is 1.82. The molecule has 1 atom stereocenters. The van der Waals surface area contributed by atoms with Gasteiger partial charge in [0.2, 0.25) is 0 Å². The number of carbonyl (C=O) groups excluding carboxylic acids is 1. The first kappa shape index (κ1) is 14.8. The lowest BCUT2D eigenvalue weighted by Gasteiger charge is -2.22. The van der Waals surface area contributed by atoms with Crippen LogP contribution < -0.4 is 5.32 Å². The number of nitrogens with one attached hydrogen (secondary N) is 1. The molecule has 5 nitrogen and oxygen atoms in total. The van der Waals surface area contributed by atoms with Crippen molar-refractivity contribution in [3.8, 4) is 0 Å². The number of ether oxygens (including phenoxy) is 1. The standard InChI is InChI=1S/C17H21N3O2/c1-13-12-20(9-4-10-22-13)17(21)18-11-15-8-7-14-5-2-3-6-16(14)19-15/h2-3,5-8,13H,4,9-12H2,1H3,(H,18,21)/t13-/m1/s1. The quantitative estimate of drug-likeness (QED) is 0.927. The number of nitrogens with zero attached hydrogens (tertiary/aromatic N) is 2. The van der Waals surface area contributed by atoms with Gasteiger partial charge in [-0.15, -0.1) is 0 Å². The number of fused-ring (bicyclic) bond motifs is 1. The number of para-hydroxylation sites is 1. The van der Waals surface area contributed by atoms with Crippen molar-refractivity contribution in [2.75, 3.05) is 19.7 Å². The molecule has 1 aromatic heterocycles. The number of aromatic nitrogens is 1. The number of rotatable bonds is 2. The van der Waals surface area contributed by atoms with Gasteiger partial charge in [0, 0.05) is 25.1 Å². The first-order valence-corrected chi connectivity index (χ1v) is 7.71. The highest BCUT2D eigenvalue weighted by Crippen LogP contribution is 2.12. The van der Waals surface area contributed by atoms with Crippen LogP contribution in [0, 0.1) is 0 Å². The Kier molecular flexibility index (Phi) is 4.53. The number of benzene rings is 1. The third-order valence-electron chi connectivity index (χ3n) is 3.82. The molecule has 1 N–H and O–H groups in total. The molecule has 22 heavy (non-hydrogen) atoms. The second kappa shape index (κ2) is 6.75. The first-order chi connectivity index (χ1) is 10.7. The van der Waals surface area contributed by atoms with Crippen molar-refractivity contribution in [2.45, 2.75) is 26.0 Å². The van der Waals surface area contributed by atoms with Crippen molar-refractivity contribution in [3.63, 3.8) is 0 Å². The second-order valence-electron chi connectivity index (χ2n) is 5.63. The van der Waals surface area contributed by atoms with E-state index in [-0.39, 0.29) is 12.1 Å². The molecule has 1 aliphatic heterocycles. The van der Waals surface area contributed by atoms with Gasteiger partial charge in [0.05, 0.1) is 23.9 Å². The molecule has 2 aromatic rings. The fourth-order valence-corrected chi connectivity index (χ4v) is 2.66. The average Bonchev–Trinajstić information content (AvgIpc) is 2.77. The monoisotopic (exact) mass is 299 g/mol. The summed E-state index contributed by atoms with van der Waals surface area (Å²) in [6.45, 7) is 4.53. The maximum absolute atomic E-state index is 12.3. The Bertz CT molecular complexity index is 659. The van der Waals surface area contributed by atoms with E-state index in [9.17, 15) is 4.79 Å². The van der Waals surface area contributed by atoms with Gasteiger partial charge in [0.15, 0.2) is 0 Å². The number of pyridine rings is 1. The van der Waals surface area contributed by atoms with Crippen LogP contribution in [0.1, 0.15) is 19.0 Å². The molecule has 1 aromatic carbocycles. The summed E-state index contributed by atoms with van der Waals surface area (Å²) in [4.78, 5) is 18.7. The Morgan fingerprint density at radius 2 is 2.23 bits per heavy atom. The van der Waals surface area contributed by atoms with E-state index >= 15 is 0 Å². The summed E-state index contributed by atoms with van der Waals surface area (Å²) in [6, 6.07) is 11.9. The lowest BCUT2D eigenvalue weighted by atomic mass is 10.2. The SMILES string of the molecule is C[C@@H]1CN(C(=O)NCc2ccc3ccccc3n2)CCCO1. The predicted octanol–water partition coefficient (Wildman–Crippen LogP) is 2.56. The Balaban J connectivity index is 1.61. The molecule has 5 heteroatoms. The van der Waals surface area contributed by atoms with Crippen LogP contribution in [0.4, 0.5) is 4.79 Å². The molecule has 0 spiro atoms. The van der Waals surface area contributed by atoms with Crippen LogP contribution >= 0.6 is 0 Å². The fraction of sp³-hybridized carbons (Fsp3) is 0.412. The van der Waals surface area contributed by atoms with Gasteiger partial charge in [0.25, 0.3) is 0 Å². The lowest BCUT2D eigenvalue weighted by Crippen LogP contribution is -2.42. The van der Waals surface area contributed by atoms with Gasteiger partial charge in [-0.1, -0.05) is 24.3 Å². The molecule has 0 bridgehead atoms. The highest BCUT2D eigenvalue weighted by molar-refractivity contribution is 5.78. The number of urea groups is 1. The summed E-state index contributed by atoms with van der Waals surface area (Å²) >= 11 is 0. The summed E-state index contributed by atoms with van der Waals surface area (Å²) < 4.78 is 5.56. The van der Waals surface area contributed by atoms with E-state index < -0.39 is 0 Å². The van der Waals surface area contributed by atoms with Crippen LogP contribution in [0.2, 0.25) is 0 Å². The van der Waals surface area contributed by atoms with E-state index in [1.54, 1.807) is 0 Å². The Morgan fingerprint density at radius 3 is 3.14 bits per heavy atom. The van der Waals surface area contributed by atoms with Gasteiger partial charge in [0.1, 0.15) is 0 Å². The van der Waals surface area contributed by atoms with Gasteiger partial charge in [-0.2, -0.15) is 0 Å². The van der Waals surface area contributed by atoms with E-state index in [1.807, 2.05) is 48.2 Å². The van der Waals surface area contributed by atoms with E-state index in [0.29, 0.717) is 13.1 Å². The van der Waals surface area contributed by atoms with Crippen molar-refractivity contribution in [2.24, 2.45) is 0 Å². The van der Waals surface area contributed by atoms with Crippen LogP contribution in [-0.4, -0.2) is 41.7 Å². The fourth-order valence-electron chi connectivity index (χ4n) is 2.66. The van der Waals surface area contributed by atoms with Crippen LogP contribution in [0.3, 0.4) is 0 Å². The number of carbonyl (C=O) groups is 1. The minimum absolute atomic E-state index is 0.0488. The number of hydrogen-bond donors (Lipinski definition) is 1. The molecule has 0 saturated carbocycles. The van der Waals surface area contributed by atoms with Gasteiger partial charge < -0.3 is 15.0 Å². The van der Waals surface area contributed by atoms with Crippen LogP contribution in [0.5, 0.6) is 0 Å². The van der Waals surface area contributed by atoms with Crippen molar-refractivity contribution < 1.29 is 9.53 Å². The molecule has 0 radical (unpaired) electrons.